The van der Waals surface area contributed by atoms with E-state index >= 15 is 0 Å². The van der Waals surface area contributed by atoms with Crippen molar-refractivity contribution in [1.29, 1.82) is 0 Å². The maximum absolute atomic E-state index is 13.2. The van der Waals surface area contributed by atoms with Gasteiger partial charge in [-0.1, -0.05) is 36.4 Å². The lowest BCUT2D eigenvalue weighted by atomic mass is 9.99. The summed E-state index contributed by atoms with van der Waals surface area (Å²) in [5.74, 6) is -0.156. The highest BCUT2D eigenvalue weighted by molar-refractivity contribution is 5.98. The Morgan fingerprint density at radius 3 is 2.60 bits per heavy atom. The zero-order valence-corrected chi connectivity index (χ0v) is 16.3. The summed E-state index contributed by atoms with van der Waals surface area (Å²) in [6, 6.07) is 19.4. The van der Waals surface area contributed by atoms with Crippen molar-refractivity contribution in [2.24, 2.45) is 5.92 Å². The standard InChI is InChI=1S/C23H21N5O2/c29-22-13-27(23(30)19-6-2-4-8-21(19)28-14-24-25-15-28)12-17(22)11-18-10-9-16-5-1-3-7-20(16)26-18/h1-10,14-15,17,22,29H,11-13H2/t17-,22-/m1/s1. The summed E-state index contributed by atoms with van der Waals surface area (Å²) in [7, 11) is 0. The van der Waals surface area contributed by atoms with Crippen LogP contribution >= 0.6 is 0 Å². The van der Waals surface area contributed by atoms with Crippen LogP contribution in [0.4, 0.5) is 0 Å². The van der Waals surface area contributed by atoms with Crippen LogP contribution in [0.3, 0.4) is 0 Å². The average molecular weight is 399 g/mol. The molecule has 3 heterocycles. The number of fused-ring (bicyclic) bond motifs is 1. The quantitative estimate of drug-likeness (QED) is 0.570. The summed E-state index contributed by atoms with van der Waals surface area (Å²) in [6.07, 6.45) is 3.19. The van der Waals surface area contributed by atoms with Gasteiger partial charge in [0, 0.05) is 30.1 Å². The fraction of sp³-hybridized carbons (Fsp3) is 0.217. The van der Waals surface area contributed by atoms with Gasteiger partial charge in [-0.2, -0.15) is 0 Å². The van der Waals surface area contributed by atoms with E-state index in [1.54, 1.807) is 28.2 Å². The number of aromatic nitrogens is 4. The fourth-order valence-electron chi connectivity index (χ4n) is 4.09. The Morgan fingerprint density at radius 1 is 0.967 bits per heavy atom. The maximum atomic E-state index is 13.2. The van der Waals surface area contributed by atoms with Crippen molar-refractivity contribution < 1.29 is 9.90 Å². The van der Waals surface area contributed by atoms with Gasteiger partial charge in [-0.25, -0.2) is 0 Å². The van der Waals surface area contributed by atoms with Crippen LogP contribution in [-0.4, -0.2) is 54.9 Å². The molecule has 2 aromatic heterocycles. The minimum atomic E-state index is -0.579. The predicted octanol–water partition coefficient (Wildman–Crippen LogP) is 2.49. The first kappa shape index (κ1) is 18.4. The summed E-state index contributed by atoms with van der Waals surface area (Å²) in [5, 5.41) is 19.4. The molecular formula is C23H21N5O2. The molecule has 0 spiro atoms. The molecule has 150 valence electrons. The predicted molar refractivity (Wildman–Crippen MR) is 112 cm³/mol. The normalized spacial score (nSPS) is 18.8. The van der Waals surface area contributed by atoms with Gasteiger partial charge in [0.1, 0.15) is 12.7 Å². The molecule has 4 aromatic rings. The van der Waals surface area contributed by atoms with Crippen LogP contribution in [0, 0.1) is 5.92 Å². The summed E-state index contributed by atoms with van der Waals surface area (Å²) in [5.41, 5.74) is 3.16. The molecule has 30 heavy (non-hydrogen) atoms. The van der Waals surface area contributed by atoms with Crippen LogP contribution < -0.4 is 0 Å². The first-order valence-corrected chi connectivity index (χ1v) is 9.95. The zero-order chi connectivity index (χ0) is 20.5. The second-order valence-electron chi connectivity index (χ2n) is 7.62. The minimum Gasteiger partial charge on any atom is -0.391 e. The number of hydrogen-bond donors (Lipinski definition) is 1. The van der Waals surface area contributed by atoms with Crippen LogP contribution in [0.25, 0.3) is 16.6 Å². The van der Waals surface area contributed by atoms with E-state index in [0.29, 0.717) is 25.1 Å². The number of para-hydroxylation sites is 2. The molecule has 5 rings (SSSR count). The van der Waals surface area contributed by atoms with E-state index in [2.05, 4.69) is 16.3 Å². The monoisotopic (exact) mass is 399 g/mol. The van der Waals surface area contributed by atoms with Crippen molar-refractivity contribution >= 4 is 16.8 Å². The number of β-amino-alcohol motifs (C(OH)–C–C–N with tert-alkyl or cyclic N) is 1. The number of carbonyl (C=O) groups is 1. The zero-order valence-electron chi connectivity index (χ0n) is 16.3. The van der Waals surface area contributed by atoms with Gasteiger partial charge in [0.25, 0.3) is 5.91 Å². The van der Waals surface area contributed by atoms with E-state index in [9.17, 15) is 9.90 Å². The van der Waals surface area contributed by atoms with Crippen molar-refractivity contribution in [3.8, 4) is 5.69 Å². The largest absolute Gasteiger partial charge is 0.391 e. The fourth-order valence-corrected chi connectivity index (χ4v) is 4.09. The SMILES string of the molecule is O=C(c1ccccc1-n1cnnc1)N1C[C@@H](Cc2ccc3ccccc3n2)[C@H](O)C1. The third-order valence-electron chi connectivity index (χ3n) is 5.65. The summed E-state index contributed by atoms with van der Waals surface area (Å²) in [4.78, 5) is 19.7. The van der Waals surface area contributed by atoms with Gasteiger partial charge in [-0.05, 0) is 30.7 Å². The summed E-state index contributed by atoms with van der Waals surface area (Å²) < 4.78 is 1.72. The van der Waals surface area contributed by atoms with Crippen molar-refractivity contribution in [1.82, 2.24) is 24.6 Å². The van der Waals surface area contributed by atoms with Gasteiger partial charge in [0.2, 0.25) is 0 Å². The molecule has 0 bridgehead atoms. The van der Waals surface area contributed by atoms with E-state index in [4.69, 9.17) is 4.98 Å². The van der Waals surface area contributed by atoms with E-state index < -0.39 is 6.10 Å². The van der Waals surface area contributed by atoms with Crippen LogP contribution in [0.15, 0.2) is 73.3 Å². The summed E-state index contributed by atoms with van der Waals surface area (Å²) in [6.45, 7) is 0.804. The van der Waals surface area contributed by atoms with Gasteiger partial charge in [0.15, 0.2) is 0 Å². The molecule has 1 fully saturated rings. The Labute approximate surface area is 173 Å². The van der Waals surface area contributed by atoms with Crippen LogP contribution in [0.2, 0.25) is 0 Å². The number of nitrogens with zero attached hydrogens (tertiary/aromatic N) is 5. The lowest BCUT2D eigenvalue weighted by Crippen LogP contribution is -2.30. The Balaban J connectivity index is 1.35. The molecule has 1 aliphatic rings. The molecule has 0 radical (unpaired) electrons. The number of pyridine rings is 1. The molecule has 1 saturated heterocycles. The number of aliphatic hydroxyl groups is 1. The molecule has 1 N–H and O–H groups in total. The van der Waals surface area contributed by atoms with E-state index in [1.165, 1.54) is 0 Å². The van der Waals surface area contributed by atoms with Crippen molar-refractivity contribution in [3.05, 3.63) is 84.6 Å². The van der Waals surface area contributed by atoms with Crippen LogP contribution in [0.5, 0.6) is 0 Å². The van der Waals surface area contributed by atoms with Crippen LogP contribution in [-0.2, 0) is 6.42 Å². The van der Waals surface area contributed by atoms with Crippen molar-refractivity contribution in [3.63, 3.8) is 0 Å². The number of aliphatic hydroxyl groups excluding tert-OH is 1. The van der Waals surface area contributed by atoms with Gasteiger partial charge >= 0.3 is 0 Å². The molecule has 7 heteroatoms. The number of carbonyl (C=O) groups excluding carboxylic acids is 1. The smallest absolute Gasteiger partial charge is 0.256 e. The first-order valence-electron chi connectivity index (χ1n) is 9.95. The summed E-state index contributed by atoms with van der Waals surface area (Å²) >= 11 is 0. The maximum Gasteiger partial charge on any atom is 0.256 e. The molecule has 2 atom stereocenters. The van der Waals surface area contributed by atoms with Gasteiger partial charge in [-0.3, -0.25) is 14.3 Å². The molecule has 1 aliphatic heterocycles. The second kappa shape index (κ2) is 7.68. The molecule has 7 nitrogen and oxygen atoms in total. The van der Waals surface area contributed by atoms with Crippen molar-refractivity contribution in [2.45, 2.75) is 12.5 Å². The Kier molecular flexibility index (Phi) is 4.72. The highest BCUT2D eigenvalue weighted by Gasteiger charge is 2.35. The van der Waals surface area contributed by atoms with Gasteiger partial charge in [0.05, 0.1) is 22.9 Å². The third-order valence-corrected chi connectivity index (χ3v) is 5.65. The number of amides is 1. The van der Waals surface area contributed by atoms with Gasteiger partial charge < -0.3 is 10.0 Å². The van der Waals surface area contributed by atoms with E-state index in [1.807, 2.05) is 48.5 Å². The Hall–Kier alpha value is -3.58. The Bertz CT molecular complexity index is 1190. The molecular weight excluding hydrogens is 378 g/mol. The lowest BCUT2D eigenvalue weighted by Gasteiger charge is -2.18. The molecule has 0 unspecified atom stereocenters. The molecule has 1 amide bonds. The van der Waals surface area contributed by atoms with Crippen molar-refractivity contribution in [2.75, 3.05) is 13.1 Å². The third kappa shape index (κ3) is 3.44. The highest BCUT2D eigenvalue weighted by Crippen LogP contribution is 2.25. The molecule has 2 aromatic carbocycles. The minimum absolute atomic E-state index is 0.0512. The topological polar surface area (TPSA) is 84.1 Å². The number of hydrogen-bond acceptors (Lipinski definition) is 5. The second-order valence-corrected chi connectivity index (χ2v) is 7.62. The molecule has 0 aliphatic carbocycles. The van der Waals surface area contributed by atoms with E-state index in [-0.39, 0.29) is 11.8 Å². The lowest BCUT2D eigenvalue weighted by molar-refractivity contribution is 0.0764. The highest BCUT2D eigenvalue weighted by atomic mass is 16.3. The molecule has 0 saturated carbocycles. The van der Waals surface area contributed by atoms with Crippen LogP contribution in [0.1, 0.15) is 16.1 Å². The number of rotatable bonds is 4. The number of likely N-dealkylation sites (tertiary alicyclic amines) is 1. The van der Waals surface area contributed by atoms with E-state index in [0.717, 1.165) is 22.3 Å². The first-order chi connectivity index (χ1) is 14.7. The average Bonchev–Trinajstić information content (AvgIpc) is 3.44. The number of benzene rings is 2. The van der Waals surface area contributed by atoms with Gasteiger partial charge in [-0.15, -0.1) is 10.2 Å². The Morgan fingerprint density at radius 2 is 1.73 bits per heavy atom.